The number of aromatic nitrogens is 1. The fourth-order valence-electron chi connectivity index (χ4n) is 1.20. The summed E-state index contributed by atoms with van der Waals surface area (Å²) in [6.45, 7) is 0.527. The van der Waals surface area contributed by atoms with Crippen LogP contribution in [0.25, 0.3) is 0 Å². The Labute approximate surface area is 105 Å². The summed E-state index contributed by atoms with van der Waals surface area (Å²) in [5.74, 6) is -0.250. The molecule has 0 aliphatic carbocycles. The Morgan fingerprint density at radius 2 is 2.11 bits per heavy atom. The largest absolute Gasteiger partial charge is 0.397 e. The topological polar surface area (TPSA) is 140 Å². The summed E-state index contributed by atoms with van der Waals surface area (Å²) in [4.78, 5) is 15.0. The van der Waals surface area contributed by atoms with Crippen molar-refractivity contribution < 1.29 is 13.2 Å². The van der Waals surface area contributed by atoms with Gasteiger partial charge in [0.05, 0.1) is 23.7 Å². The number of anilines is 2. The normalized spacial score (nSPS) is 11.2. The third-order valence-corrected chi connectivity index (χ3v) is 2.72. The van der Waals surface area contributed by atoms with E-state index in [0.717, 1.165) is 6.26 Å². The van der Waals surface area contributed by atoms with Gasteiger partial charge in [-0.3, -0.25) is 4.79 Å². The van der Waals surface area contributed by atoms with Crippen LogP contribution in [0.1, 0.15) is 10.4 Å². The summed E-state index contributed by atoms with van der Waals surface area (Å²) < 4.78 is 23.9. The van der Waals surface area contributed by atoms with E-state index in [-0.39, 0.29) is 17.8 Å². The Balaban J connectivity index is 2.58. The molecule has 1 amide bonds. The molecule has 9 heteroatoms. The molecule has 100 valence electrons. The van der Waals surface area contributed by atoms with Crippen LogP contribution < -0.4 is 21.5 Å². The molecule has 0 fully saturated rings. The number of hydrogen-bond donors (Lipinski definition) is 4. The SMILES string of the molecule is CS(=O)(=O)NCCNc1cc(C(N)=O)c(N)cn1. The van der Waals surface area contributed by atoms with Gasteiger partial charge in [0, 0.05) is 13.1 Å². The highest BCUT2D eigenvalue weighted by Crippen LogP contribution is 2.13. The molecule has 6 N–H and O–H groups in total. The maximum atomic E-state index is 11.0. The molecule has 0 unspecified atom stereocenters. The first-order valence-corrected chi connectivity index (χ1v) is 6.92. The summed E-state index contributed by atoms with van der Waals surface area (Å²) in [5.41, 5.74) is 11.0. The molecule has 0 atom stereocenters. The van der Waals surface area contributed by atoms with Crippen molar-refractivity contribution in [1.82, 2.24) is 9.71 Å². The first-order chi connectivity index (χ1) is 8.29. The van der Waals surface area contributed by atoms with Crippen LogP contribution in [0.5, 0.6) is 0 Å². The summed E-state index contributed by atoms with van der Waals surface area (Å²) >= 11 is 0. The molecular formula is C9H15N5O3S. The number of nitrogens with one attached hydrogen (secondary N) is 2. The second-order valence-electron chi connectivity index (χ2n) is 3.61. The van der Waals surface area contributed by atoms with Crippen LogP contribution in [0.15, 0.2) is 12.3 Å². The lowest BCUT2D eigenvalue weighted by molar-refractivity contribution is 0.100. The minimum atomic E-state index is -3.21. The lowest BCUT2D eigenvalue weighted by Crippen LogP contribution is -2.27. The molecule has 0 aliphatic rings. The average Bonchev–Trinajstić information content (AvgIpc) is 2.24. The lowest BCUT2D eigenvalue weighted by atomic mass is 10.2. The van der Waals surface area contributed by atoms with E-state index >= 15 is 0 Å². The fraction of sp³-hybridized carbons (Fsp3) is 0.333. The van der Waals surface area contributed by atoms with Gasteiger partial charge in [-0.1, -0.05) is 0 Å². The molecular weight excluding hydrogens is 258 g/mol. The Kier molecular flexibility index (Phi) is 4.45. The van der Waals surface area contributed by atoms with Gasteiger partial charge in [-0.2, -0.15) is 0 Å². The van der Waals surface area contributed by atoms with Crippen LogP contribution in [-0.4, -0.2) is 38.7 Å². The van der Waals surface area contributed by atoms with E-state index < -0.39 is 15.9 Å². The van der Waals surface area contributed by atoms with Crippen LogP contribution in [0.2, 0.25) is 0 Å². The minimum Gasteiger partial charge on any atom is -0.397 e. The zero-order chi connectivity index (χ0) is 13.8. The van der Waals surface area contributed by atoms with Crippen molar-refractivity contribution in [3.05, 3.63) is 17.8 Å². The number of primary amides is 1. The van der Waals surface area contributed by atoms with Gasteiger partial charge in [0.2, 0.25) is 10.0 Å². The molecule has 0 aromatic carbocycles. The van der Waals surface area contributed by atoms with Gasteiger partial charge in [0.15, 0.2) is 0 Å². The standard InChI is InChI=1S/C9H15N5O3S/c1-18(16,17)14-3-2-12-8-4-6(9(11)15)7(10)5-13-8/h4-5,14H,2-3,10H2,1H3,(H2,11,15)(H,12,13). The van der Waals surface area contributed by atoms with E-state index in [1.54, 1.807) is 0 Å². The molecule has 8 nitrogen and oxygen atoms in total. The van der Waals surface area contributed by atoms with Crippen LogP contribution >= 0.6 is 0 Å². The van der Waals surface area contributed by atoms with Gasteiger partial charge in [0.25, 0.3) is 5.91 Å². The predicted molar refractivity (Wildman–Crippen MR) is 68.5 cm³/mol. The first kappa shape index (κ1) is 14.2. The maximum Gasteiger partial charge on any atom is 0.250 e. The molecule has 0 saturated carbocycles. The molecule has 1 heterocycles. The molecule has 0 aliphatic heterocycles. The van der Waals surface area contributed by atoms with Crippen LogP contribution in [-0.2, 0) is 10.0 Å². The minimum absolute atomic E-state index is 0.170. The van der Waals surface area contributed by atoms with Crippen LogP contribution in [0.3, 0.4) is 0 Å². The Morgan fingerprint density at radius 1 is 1.44 bits per heavy atom. The number of sulfonamides is 1. The Bertz CT molecular complexity index is 543. The van der Waals surface area contributed by atoms with Crippen molar-refractivity contribution in [3.8, 4) is 0 Å². The van der Waals surface area contributed by atoms with Gasteiger partial charge in [-0.15, -0.1) is 0 Å². The van der Waals surface area contributed by atoms with Gasteiger partial charge in [-0.25, -0.2) is 18.1 Å². The monoisotopic (exact) mass is 273 g/mol. The van der Waals surface area contributed by atoms with Gasteiger partial charge < -0.3 is 16.8 Å². The zero-order valence-corrected chi connectivity index (χ0v) is 10.6. The number of nitrogens with two attached hydrogens (primary N) is 2. The average molecular weight is 273 g/mol. The predicted octanol–water partition coefficient (Wildman–Crippen LogP) is -1.28. The molecule has 0 saturated heterocycles. The highest BCUT2D eigenvalue weighted by molar-refractivity contribution is 7.88. The molecule has 1 aromatic rings. The number of pyridine rings is 1. The maximum absolute atomic E-state index is 11.0. The number of rotatable bonds is 6. The number of amides is 1. The molecule has 1 rings (SSSR count). The number of nitrogen functional groups attached to an aromatic ring is 1. The van der Waals surface area contributed by atoms with Gasteiger partial charge >= 0.3 is 0 Å². The number of hydrogen-bond acceptors (Lipinski definition) is 6. The Hall–Kier alpha value is -1.87. The van der Waals surface area contributed by atoms with Crippen molar-refractivity contribution in [1.29, 1.82) is 0 Å². The summed E-state index contributed by atoms with van der Waals surface area (Å²) in [7, 11) is -3.21. The van der Waals surface area contributed by atoms with E-state index in [1.165, 1.54) is 12.3 Å². The van der Waals surface area contributed by atoms with Crippen molar-refractivity contribution >= 4 is 27.4 Å². The van der Waals surface area contributed by atoms with Crippen LogP contribution in [0.4, 0.5) is 11.5 Å². The molecule has 1 aromatic heterocycles. The van der Waals surface area contributed by atoms with Gasteiger partial charge in [0.1, 0.15) is 5.82 Å². The third-order valence-electron chi connectivity index (χ3n) is 2.00. The zero-order valence-electron chi connectivity index (χ0n) is 9.80. The fourth-order valence-corrected chi connectivity index (χ4v) is 1.68. The number of nitrogens with zero attached hydrogens (tertiary/aromatic N) is 1. The van der Waals surface area contributed by atoms with Crippen molar-refractivity contribution in [2.45, 2.75) is 0 Å². The Morgan fingerprint density at radius 3 is 2.67 bits per heavy atom. The summed E-state index contributed by atoms with van der Waals surface area (Å²) in [6.07, 6.45) is 2.38. The smallest absolute Gasteiger partial charge is 0.250 e. The van der Waals surface area contributed by atoms with E-state index in [9.17, 15) is 13.2 Å². The second-order valence-corrected chi connectivity index (χ2v) is 5.45. The quantitative estimate of drug-likeness (QED) is 0.476. The first-order valence-electron chi connectivity index (χ1n) is 5.03. The molecule has 0 spiro atoms. The van der Waals surface area contributed by atoms with Crippen molar-refractivity contribution in [2.24, 2.45) is 5.73 Å². The number of carbonyl (C=O) groups is 1. The van der Waals surface area contributed by atoms with E-state index in [4.69, 9.17) is 11.5 Å². The highest BCUT2D eigenvalue weighted by atomic mass is 32.2. The van der Waals surface area contributed by atoms with Crippen molar-refractivity contribution in [2.75, 3.05) is 30.4 Å². The van der Waals surface area contributed by atoms with Gasteiger partial charge in [-0.05, 0) is 6.07 Å². The molecule has 0 bridgehead atoms. The summed E-state index contributed by atoms with van der Waals surface area (Å²) in [5, 5.41) is 2.84. The number of carbonyl (C=O) groups excluding carboxylic acids is 1. The molecule has 0 radical (unpaired) electrons. The third kappa shape index (κ3) is 4.55. The van der Waals surface area contributed by atoms with E-state index in [0.29, 0.717) is 12.4 Å². The highest BCUT2D eigenvalue weighted by Gasteiger charge is 2.07. The summed E-state index contributed by atoms with van der Waals surface area (Å²) in [6, 6.07) is 1.41. The lowest BCUT2D eigenvalue weighted by Gasteiger charge is -2.08. The van der Waals surface area contributed by atoms with Crippen LogP contribution in [0, 0.1) is 0 Å². The van der Waals surface area contributed by atoms with E-state index in [1.807, 2.05) is 0 Å². The van der Waals surface area contributed by atoms with Crippen molar-refractivity contribution in [3.63, 3.8) is 0 Å². The molecule has 18 heavy (non-hydrogen) atoms. The van der Waals surface area contributed by atoms with E-state index in [2.05, 4.69) is 15.0 Å². The second kappa shape index (κ2) is 5.65.